The zero-order chi connectivity index (χ0) is 25.9. The summed E-state index contributed by atoms with van der Waals surface area (Å²) < 4.78 is 21.8. The van der Waals surface area contributed by atoms with Crippen molar-refractivity contribution < 1.29 is 23.5 Å². The number of anilines is 1. The first kappa shape index (κ1) is 23.9. The van der Waals surface area contributed by atoms with Crippen LogP contribution in [-0.4, -0.2) is 37.5 Å². The number of amides is 2. The van der Waals surface area contributed by atoms with E-state index < -0.39 is 6.04 Å². The van der Waals surface area contributed by atoms with E-state index in [2.05, 4.69) is 10.5 Å². The van der Waals surface area contributed by atoms with Crippen LogP contribution in [0.4, 0.5) is 10.5 Å². The number of hydrogen-bond donors (Lipinski definition) is 1. The molecule has 2 amide bonds. The molecule has 0 aliphatic carbocycles. The monoisotopic (exact) mass is 498 g/mol. The van der Waals surface area contributed by atoms with Crippen LogP contribution in [0.25, 0.3) is 17.0 Å². The van der Waals surface area contributed by atoms with E-state index in [-0.39, 0.29) is 6.03 Å². The Labute approximate surface area is 214 Å². The van der Waals surface area contributed by atoms with Crippen molar-refractivity contribution in [3.8, 4) is 28.6 Å². The quantitative estimate of drug-likeness (QED) is 0.361. The van der Waals surface area contributed by atoms with Gasteiger partial charge in [-0.2, -0.15) is 4.98 Å². The molecule has 1 unspecified atom stereocenters. The van der Waals surface area contributed by atoms with Crippen LogP contribution in [0.3, 0.4) is 0 Å². The lowest BCUT2D eigenvalue weighted by Crippen LogP contribution is -2.46. The molecular weight excluding hydrogens is 472 g/mol. The van der Waals surface area contributed by atoms with Crippen LogP contribution in [0.1, 0.15) is 24.4 Å². The summed E-state index contributed by atoms with van der Waals surface area (Å²) in [5.41, 5.74) is 3.61. The summed E-state index contributed by atoms with van der Waals surface area (Å²) in [5.74, 6) is 2.54. The van der Waals surface area contributed by atoms with Gasteiger partial charge in [0, 0.05) is 17.3 Å². The molecule has 9 nitrogen and oxygen atoms in total. The van der Waals surface area contributed by atoms with Gasteiger partial charge >= 0.3 is 6.03 Å². The van der Waals surface area contributed by atoms with E-state index in [4.69, 9.17) is 23.7 Å². The van der Waals surface area contributed by atoms with Gasteiger partial charge in [0.05, 0.1) is 38.6 Å². The first-order valence-electron chi connectivity index (χ1n) is 11.6. The van der Waals surface area contributed by atoms with E-state index in [0.29, 0.717) is 40.2 Å². The van der Waals surface area contributed by atoms with Gasteiger partial charge in [0.25, 0.3) is 5.89 Å². The van der Waals surface area contributed by atoms with Gasteiger partial charge in [-0.3, -0.25) is 4.90 Å². The standard InChI is InChI=1S/C28H26N4O5/c1-17-24(27-30-26(31-37-27)19-10-13-21(34-2)14-11-19)25(18-8-6-5-7-9-18)29-28(33)32(17)20-12-15-22(35-3)23(16-20)36-4/h5-16,25H,1-4H3,(H,29,33). The van der Waals surface area contributed by atoms with Crippen molar-refractivity contribution in [3.05, 3.63) is 89.9 Å². The maximum Gasteiger partial charge on any atom is 0.327 e. The number of urea groups is 1. The van der Waals surface area contributed by atoms with Gasteiger partial charge in [0.15, 0.2) is 11.5 Å². The Bertz CT molecular complexity index is 1450. The number of rotatable bonds is 7. The van der Waals surface area contributed by atoms with Crippen LogP contribution in [0.5, 0.6) is 17.2 Å². The maximum atomic E-state index is 13.4. The minimum absolute atomic E-state index is 0.294. The van der Waals surface area contributed by atoms with Crippen LogP contribution in [0, 0.1) is 0 Å². The Kier molecular flexibility index (Phi) is 6.51. The predicted molar refractivity (Wildman–Crippen MR) is 139 cm³/mol. The number of nitrogens with one attached hydrogen (secondary N) is 1. The van der Waals surface area contributed by atoms with Crippen LogP contribution in [-0.2, 0) is 0 Å². The number of allylic oxidation sites excluding steroid dienone is 1. The van der Waals surface area contributed by atoms with Gasteiger partial charge in [-0.05, 0) is 48.9 Å². The van der Waals surface area contributed by atoms with Crippen LogP contribution in [0.2, 0.25) is 0 Å². The highest BCUT2D eigenvalue weighted by atomic mass is 16.5. The summed E-state index contributed by atoms with van der Waals surface area (Å²) in [7, 11) is 4.73. The summed E-state index contributed by atoms with van der Waals surface area (Å²) in [5, 5.41) is 7.32. The van der Waals surface area contributed by atoms with E-state index in [1.165, 1.54) is 0 Å². The Balaban J connectivity index is 1.63. The molecule has 0 saturated carbocycles. The van der Waals surface area contributed by atoms with Gasteiger partial charge in [0.1, 0.15) is 5.75 Å². The average Bonchev–Trinajstić information content (AvgIpc) is 3.43. The molecule has 1 aliphatic heterocycles. The topological polar surface area (TPSA) is 99.0 Å². The fourth-order valence-electron chi connectivity index (χ4n) is 4.38. The zero-order valence-corrected chi connectivity index (χ0v) is 20.9. The fraction of sp³-hybridized carbons (Fsp3) is 0.179. The number of carbonyl (C=O) groups is 1. The number of ether oxygens (including phenoxy) is 3. The highest BCUT2D eigenvalue weighted by molar-refractivity contribution is 6.01. The molecule has 1 aliphatic rings. The third kappa shape index (κ3) is 4.47. The van der Waals surface area contributed by atoms with Crippen LogP contribution in [0.15, 0.2) is 83.0 Å². The van der Waals surface area contributed by atoms with E-state index in [1.807, 2.05) is 61.5 Å². The second-order valence-corrected chi connectivity index (χ2v) is 8.32. The van der Waals surface area contributed by atoms with Crippen molar-refractivity contribution in [1.29, 1.82) is 0 Å². The van der Waals surface area contributed by atoms with Crippen molar-refractivity contribution in [1.82, 2.24) is 15.5 Å². The van der Waals surface area contributed by atoms with Gasteiger partial charge in [-0.1, -0.05) is 35.5 Å². The Morgan fingerprint density at radius 1 is 0.892 bits per heavy atom. The summed E-state index contributed by atoms with van der Waals surface area (Å²) in [6.45, 7) is 1.86. The van der Waals surface area contributed by atoms with E-state index in [1.54, 1.807) is 44.4 Å². The van der Waals surface area contributed by atoms with Crippen molar-refractivity contribution >= 4 is 17.3 Å². The number of aromatic nitrogens is 2. The number of benzene rings is 3. The fourth-order valence-corrected chi connectivity index (χ4v) is 4.38. The van der Waals surface area contributed by atoms with Gasteiger partial charge in [0.2, 0.25) is 5.82 Å². The average molecular weight is 499 g/mol. The lowest BCUT2D eigenvalue weighted by atomic mass is 9.94. The van der Waals surface area contributed by atoms with E-state index in [0.717, 1.165) is 16.9 Å². The Morgan fingerprint density at radius 3 is 2.30 bits per heavy atom. The van der Waals surface area contributed by atoms with Crippen molar-refractivity contribution in [2.75, 3.05) is 26.2 Å². The summed E-state index contributed by atoms with van der Waals surface area (Å²) in [6.07, 6.45) is 0. The van der Waals surface area contributed by atoms with Gasteiger partial charge in [-0.25, -0.2) is 4.79 Å². The highest BCUT2D eigenvalue weighted by Gasteiger charge is 2.36. The molecule has 0 radical (unpaired) electrons. The lowest BCUT2D eigenvalue weighted by molar-refractivity contribution is 0.244. The minimum atomic E-state index is -0.491. The first-order chi connectivity index (χ1) is 18.0. The van der Waals surface area contributed by atoms with E-state index in [9.17, 15) is 4.79 Å². The third-order valence-electron chi connectivity index (χ3n) is 6.25. The molecule has 188 valence electrons. The second-order valence-electron chi connectivity index (χ2n) is 8.32. The molecule has 9 heteroatoms. The minimum Gasteiger partial charge on any atom is -0.497 e. The molecule has 0 spiro atoms. The SMILES string of the molecule is COc1ccc(-c2noc(C3=C(C)N(c4ccc(OC)c(OC)c4)C(=O)NC3c3ccccc3)n2)cc1. The zero-order valence-electron chi connectivity index (χ0n) is 20.9. The van der Waals surface area contributed by atoms with Crippen molar-refractivity contribution in [2.24, 2.45) is 0 Å². The molecule has 37 heavy (non-hydrogen) atoms. The summed E-state index contributed by atoms with van der Waals surface area (Å²) >= 11 is 0. The van der Waals surface area contributed by atoms with Crippen molar-refractivity contribution in [2.45, 2.75) is 13.0 Å². The number of nitrogens with zero attached hydrogens (tertiary/aromatic N) is 3. The molecule has 1 N–H and O–H groups in total. The second kappa shape index (κ2) is 10.1. The molecule has 5 rings (SSSR count). The molecule has 3 aromatic carbocycles. The number of hydrogen-bond acceptors (Lipinski definition) is 7. The smallest absolute Gasteiger partial charge is 0.327 e. The normalized spacial score (nSPS) is 15.4. The molecule has 0 saturated heterocycles. The highest BCUT2D eigenvalue weighted by Crippen LogP contribution is 2.41. The molecule has 4 aromatic rings. The maximum absolute atomic E-state index is 13.4. The van der Waals surface area contributed by atoms with Crippen LogP contribution >= 0.6 is 0 Å². The summed E-state index contributed by atoms with van der Waals surface area (Å²) in [6, 6.07) is 21.6. The molecular formula is C28H26N4O5. The van der Waals surface area contributed by atoms with E-state index >= 15 is 0 Å². The van der Waals surface area contributed by atoms with Crippen LogP contribution < -0.4 is 24.4 Å². The number of carbonyl (C=O) groups excluding carboxylic acids is 1. The molecule has 0 bridgehead atoms. The van der Waals surface area contributed by atoms with Gasteiger partial charge < -0.3 is 24.1 Å². The van der Waals surface area contributed by atoms with Gasteiger partial charge in [-0.15, -0.1) is 0 Å². The molecule has 0 fully saturated rings. The first-order valence-corrected chi connectivity index (χ1v) is 11.6. The third-order valence-corrected chi connectivity index (χ3v) is 6.25. The number of methoxy groups -OCH3 is 3. The predicted octanol–water partition coefficient (Wildman–Crippen LogP) is 5.46. The molecule has 1 atom stereocenters. The summed E-state index contributed by atoms with van der Waals surface area (Å²) in [4.78, 5) is 19.7. The molecule has 1 aromatic heterocycles. The lowest BCUT2D eigenvalue weighted by Gasteiger charge is -2.35. The molecule has 2 heterocycles. The van der Waals surface area contributed by atoms with Crippen molar-refractivity contribution in [3.63, 3.8) is 0 Å². The Morgan fingerprint density at radius 2 is 1.62 bits per heavy atom. The largest absolute Gasteiger partial charge is 0.497 e. The Hall–Kier alpha value is -4.79.